The first kappa shape index (κ1) is 19.0. The van der Waals surface area contributed by atoms with Gasteiger partial charge in [-0.1, -0.05) is 0 Å². The standard InChI is InChI=1S/C16H20F3N3O3/c1-10(2)20-15(23)11-5-6-13(14(8-11)22(24)25)21-7-3-4-12(9-21)16(17,18)19/h5-6,8,10,12H,3-4,7,9H2,1-2H3,(H,20,23). The van der Waals surface area contributed by atoms with E-state index in [2.05, 4.69) is 5.32 Å². The molecule has 0 saturated carbocycles. The molecule has 0 radical (unpaired) electrons. The van der Waals surface area contributed by atoms with Crippen LogP contribution in [0.4, 0.5) is 24.5 Å². The molecule has 25 heavy (non-hydrogen) atoms. The van der Waals surface area contributed by atoms with Crippen LogP contribution in [0.25, 0.3) is 0 Å². The minimum absolute atomic E-state index is 0.0165. The monoisotopic (exact) mass is 359 g/mol. The first-order valence-electron chi connectivity index (χ1n) is 8.00. The van der Waals surface area contributed by atoms with Crippen LogP contribution in [0.15, 0.2) is 18.2 Å². The van der Waals surface area contributed by atoms with Crippen LogP contribution in [0.5, 0.6) is 0 Å². The maximum absolute atomic E-state index is 13.0. The molecule has 1 aromatic rings. The van der Waals surface area contributed by atoms with Crippen molar-refractivity contribution in [2.24, 2.45) is 5.92 Å². The molecule has 0 spiro atoms. The average molecular weight is 359 g/mol. The van der Waals surface area contributed by atoms with Gasteiger partial charge >= 0.3 is 6.18 Å². The fourth-order valence-electron chi connectivity index (χ4n) is 2.89. The molecule has 9 heteroatoms. The third-order valence-corrected chi connectivity index (χ3v) is 4.08. The number of nitro benzene ring substituents is 1. The van der Waals surface area contributed by atoms with Crippen molar-refractivity contribution in [1.82, 2.24) is 5.32 Å². The van der Waals surface area contributed by atoms with Gasteiger partial charge in [0, 0.05) is 30.8 Å². The van der Waals surface area contributed by atoms with Gasteiger partial charge in [0.05, 0.1) is 10.8 Å². The summed E-state index contributed by atoms with van der Waals surface area (Å²) in [6.45, 7) is 3.50. The Morgan fingerprint density at radius 3 is 2.64 bits per heavy atom. The summed E-state index contributed by atoms with van der Waals surface area (Å²) in [5.74, 6) is -1.97. The fourth-order valence-corrected chi connectivity index (χ4v) is 2.89. The molecule has 1 unspecified atom stereocenters. The molecule has 1 amide bonds. The van der Waals surface area contributed by atoms with Crippen LogP contribution in [0.3, 0.4) is 0 Å². The molecule has 1 fully saturated rings. The molecule has 1 saturated heterocycles. The van der Waals surface area contributed by atoms with Gasteiger partial charge in [-0.25, -0.2) is 0 Å². The highest BCUT2D eigenvalue weighted by molar-refractivity contribution is 5.96. The molecular formula is C16H20F3N3O3. The zero-order valence-electron chi connectivity index (χ0n) is 14.0. The maximum atomic E-state index is 13.0. The first-order valence-corrected chi connectivity index (χ1v) is 8.00. The number of amides is 1. The zero-order valence-corrected chi connectivity index (χ0v) is 14.0. The highest BCUT2D eigenvalue weighted by Crippen LogP contribution is 2.37. The normalized spacial score (nSPS) is 18.3. The quantitative estimate of drug-likeness (QED) is 0.659. The van der Waals surface area contributed by atoms with Crippen molar-refractivity contribution in [3.63, 3.8) is 0 Å². The molecule has 6 nitrogen and oxygen atoms in total. The van der Waals surface area contributed by atoms with E-state index in [1.807, 2.05) is 0 Å². The Morgan fingerprint density at radius 2 is 2.08 bits per heavy atom. The van der Waals surface area contributed by atoms with Gasteiger partial charge < -0.3 is 10.2 Å². The second-order valence-corrected chi connectivity index (χ2v) is 6.42. The zero-order chi connectivity index (χ0) is 18.8. The topological polar surface area (TPSA) is 75.5 Å². The number of carbonyl (C=O) groups excluding carboxylic acids is 1. The van der Waals surface area contributed by atoms with Gasteiger partial charge in [0.15, 0.2) is 0 Å². The summed E-state index contributed by atoms with van der Waals surface area (Å²) in [5.41, 5.74) is -0.146. The number of hydrogen-bond donors (Lipinski definition) is 1. The summed E-state index contributed by atoms with van der Waals surface area (Å²) < 4.78 is 38.9. The lowest BCUT2D eigenvalue weighted by atomic mass is 9.96. The summed E-state index contributed by atoms with van der Waals surface area (Å²) in [4.78, 5) is 24.1. The molecule has 1 heterocycles. The third-order valence-electron chi connectivity index (χ3n) is 4.08. The number of alkyl halides is 3. The number of anilines is 1. The Bertz CT molecular complexity index is 662. The summed E-state index contributed by atoms with van der Waals surface area (Å²) in [7, 11) is 0. The van der Waals surface area contributed by atoms with Gasteiger partial charge in [-0.05, 0) is 38.8 Å². The van der Waals surface area contributed by atoms with Gasteiger partial charge in [-0.2, -0.15) is 13.2 Å². The van der Waals surface area contributed by atoms with Crippen LogP contribution in [0, 0.1) is 16.0 Å². The Morgan fingerprint density at radius 1 is 1.40 bits per heavy atom. The number of hydrogen-bond acceptors (Lipinski definition) is 4. The predicted octanol–water partition coefficient (Wildman–Crippen LogP) is 3.51. The van der Waals surface area contributed by atoms with E-state index in [1.165, 1.54) is 17.0 Å². The van der Waals surface area contributed by atoms with Crippen LogP contribution in [-0.4, -0.2) is 36.1 Å². The van der Waals surface area contributed by atoms with Crippen molar-refractivity contribution in [1.29, 1.82) is 0 Å². The Kier molecular flexibility index (Phi) is 5.54. The molecule has 1 aliphatic heterocycles. The second-order valence-electron chi connectivity index (χ2n) is 6.42. The molecule has 1 aromatic carbocycles. The van der Waals surface area contributed by atoms with Crippen molar-refractivity contribution >= 4 is 17.3 Å². The van der Waals surface area contributed by atoms with Gasteiger partial charge in [0.2, 0.25) is 0 Å². The summed E-state index contributed by atoms with van der Waals surface area (Å²) in [6.07, 6.45) is -4.01. The molecule has 1 aliphatic rings. The second kappa shape index (κ2) is 7.28. The smallest absolute Gasteiger partial charge is 0.365 e. The van der Waals surface area contributed by atoms with Crippen LogP contribution in [-0.2, 0) is 0 Å². The number of nitrogens with zero attached hydrogens (tertiary/aromatic N) is 2. The number of piperidine rings is 1. The van der Waals surface area contributed by atoms with Gasteiger partial charge in [0.25, 0.3) is 11.6 Å². The van der Waals surface area contributed by atoms with Crippen molar-refractivity contribution in [3.05, 3.63) is 33.9 Å². The van der Waals surface area contributed by atoms with Crippen molar-refractivity contribution < 1.29 is 22.9 Å². The van der Waals surface area contributed by atoms with E-state index in [0.29, 0.717) is 13.0 Å². The number of benzene rings is 1. The molecule has 1 N–H and O–H groups in total. The van der Waals surface area contributed by atoms with Crippen LogP contribution in [0.1, 0.15) is 37.0 Å². The lowest BCUT2D eigenvalue weighted by Gasteiger charge is -2.35. The van der Waals surface area contributed by atoms with E-state index in [4.69, 9.17) is 0 Å². The van der Waals surface area contributed by atoms with Crippen LogP contribution in [0.2, 0.25) is 0 Å². The van der Waals surface area contributed by atoms with Crippen LogP contribution < -0.4 is 10.2 Å². The maximum Gasteiger partial charge on any atom is 0.393 e. The summed E-state index contributed by atoms with van der Waals surface area (Å²) in [6, 6.07) is 3.73. The van der Waals surface area contributed by atoms with E-state index >= 15 is 0 Å². The van der Waals surface area contributed by atoms with E-state index in [9.17, 15) is 28.1 Å². The van der Waals surface area contributed by atoms with Crippen molar-refractivity contribution in [3.8, 4) is 0 Å². The molecule has 138 valence electrons. The fraction of sp³-hybridized carbons (Fsp3) is 0.562. The molecule has 1 atom stereocenters. The Hall–Kier alpha value is -2.32. The van der Waals surface area contributed by atoms with Crippen molar-refractivity contribution in [2.45, 2.75) is 38.9 Å². The van der Waals surface area contributed by atoms with E-state index in [-0.39, 0.29) is 35.9 Å². The van der Waals surface area contributed by atoms with Crippen molar-refractivity contribution in [2.75, 3.05) is 18.0 Å². The Labute approximate surface area is 143 Å². The molecule has 0 aromatic heterocycles. The highest BCUT2D eigenvalue weighted by atomic mass is 19.4. The molecule has 2 rings (SSSR count). The number of carbonyl (C=O) groups is 1. The predicted molar refractivity (Wildman–Crippen MR) is 86.7 cm³/mol. The van der Waals surface area contributed by atoms with Crippen LogP contribution >= 0.6 is 0 Å². The van der Waals surface area contributed by atoms with Gasteiger partial charge in [0.1, 0.15) is 5.69 Å². The number of nitro groups is 1. The lowest BCUT2D eigenvalue weighted by molar-refractivity contribution is -0.384. The minimum Gasteiger partial charge on any atom is -0.365 e. The number of halogens is 3. The SMILES string of the molecule is CC(C)NC(=O)c1ccc(N2CCCC(C(F)(F)F)C2)c([N+](=O)[O-])c1. The minimum atomic E-state index is -4.33. The van der Waals surface area contributed by atoms with Gasteiger partial charge in [-0.3, -0.25) is 14.9 Å². The Balaban J connectivity index is 2.31. The van der Waals surface area contributed by atoms with E-state index < -0.39 is 22.9 Å². The van der Waals surface area contributed by atoms with E-state index in [0.717, 1.165) is 6.07 Å². The first-order chi connectivity index (χ1) is 11.6. The average Bonchev–Trinajstić information content (AvgIpc) is 2.53. The molecule has 0 aliphatic carbocycles. The number of nitrogens with one attached hydrogen (secondary N) is 1. The summed E-state index contributed by atoms with van der Waals surface area (Å²) in [5, 5.41) is 14.0. The lowest BCUT2D eigenvalue weighted by Crippen LogP contribution is -2.42. The van der Waals surface area contributed by atoms with Gasteiger partial charge in [-0.15, -0.1) is 0 Å². The molecular weight excluding hydrogens is 339 g/mol. The largest absolute Gasteiger partial charge is 0.393 e. The molecule has 0 bridgehead atoms. The number of rotatable bonds is 4. The highest BCUT2D eigenvalue weighted by Gasteiger charge is 2.42. The third kappa shape index (κ3) is 4.61. The van der Waals surface area contributed by atoms with E-state index in [1.54, 1.807) is 13.8 Å². The summed E-state index contributed by atoms with van der Waals surface area (Å²) >= 11 is 0.